The Bertz CT molecular complexity index is 862. The van der Waals surface area contributed by atoms with Gasteiger partial charge in [-0.25, -0.2) is 8.42 Å². The van der Waals surface area contributed by atoms with Gasteiger partial charge in [0.2, 0.25) is 5.09 Å². The first-order valence-electron chi connectivity index (χ1n) is 15.5. The fourth-order valence-corrected chi connectivity index (χ4v) is 5.10. The van der Waals surface area contributed by atoms with E-state index < -0.39 is 15.2 Å². The standard InChI is InChI=1S/C16H28O4S.C16H28O.3CH4.Na/c1-2-3-4-5-6-7-8-9-10-11-12-15-13-14-16(20-15)21(17,18)19;1-2-3-4-5-6-7-8-9-10-11-13-16-14-12-15-17-16;;;;/h13-14H,2-12H2,1H3,(H,17,18,19);12,14-15H,2-11,13H2,1H3;3*1H4;/q;;;;;+1/p-1. The van der Waals surface area contributed by atoms with Crippen molar-refractivity contribution in [3.8, 4) is 0 Å². The van der Waals surface area contributed by atoms with E-state index in [-0.39, 0.29) is 51.8 Å². The van der Waals surface area contributed by atoms with Crippen molar-refractivity contribution in [3.63, 3.8) is 0 Å². The van der Waals surface area contributed by atoms with Crippen molar-refractivity contribution in [1.29, 1.82) is 0 Å². The maximum Gasteiger partial charge on any atom is 1.00 e. The molecule has 0 aromatic carbocycles. The SMILES string of the molecule is C.C.C.CCCCCCCCCCCCc1ccc(S(=O)(=O)[O-])o1.CCCCCCCCCCCCc1ccco1.[Na+]. The maximum absolute atomic E-state index is 10.7. The van der Waals surface area contributed by atoms with Gasteiger partial charge in [-0.05, 0) is 37.1 Å². The van der Waals surface area contributed by atoms with Crippen LogP contribution in [0.15, 0.2) is 44.5 Å². The third-order valence-corrected chi connectivity index (χ3v) is 7.73. The number of aryl methyl sites for hydroxylation is 2. The number of hydrogen-bond donors (Lipinski definition) is 0. The summed E-state index contributed by atoms with van der Waals surface area (Å²) in [5.74, 6) is 1.73. The molecule has 0 bridgehead atoms. The van der Waals surface area contributed by atoms with Crippen molar-refractivity contribution in [2.75, 3.05) is 0 Å². The second-order valence-electron chi connectivity index (χ2n) is 10.6. The molecule has 0 fully saturated rings. The molecule has 0 saturated heterocycles. The van der Waals surface area contributed by atoms with Crippen molar-refractivity contribution in [1.82, 2.24) is 0 Å². The number of hydrogen-bond acceptors (Lipinski definition) is 5. The summed E-state index contributed by atoms with van der Waals surface area (Å²) < 4.78 is 42.6. The molecule has 0 saturated carbocycles. The molecule has 244 valence electrons. The van der Waals surface area contributed by atoms with Crippen LogP contribution < -0.4 is 29.6 Å². The van der Waals surface area contributed by atoms with Gasteiger partial charge in [0.05, 0.1) is 6.26 Å². The molecule has 2 heterocycles. The van der Waals surface area contributed by atoms with Gasteiger partial charge in [-0.1, -0.05) is 152 Å². The molecule has 2 aromatic heterocycles. The molecule has 7 heteroatoms. The molecule has 0 radical (unpaired) electrons. The first kappa shape index (κ1) is 48.4. The van der Waals surface area contributed by atoms with Gasteiger partial charge in [-0.15, -0.1) is 0 Å². The van der Waals surface area contributed by atoms with Gasteiger partial charge >= 0.3 is 29.6 Å². The van der Waals surface area contributed by atoms with E-state index in [1.807, 2.05) is 6.07 Å². The molecule has 5 nitrogen and oxygen atoms in total. The summed E-state index contributed by atoms with van der Waals surface area (Å²) >= 11 is 0. The average Bonchev–Trinajstić information content (AvgIpc) is 3.59. The van der Waals surface area contributed by atoms with Crippen molar-refractivity contribution in [2.45, 2.75) is 182 Å². The Balaban J connectivity index is -0.000000319. The minimum atomic E-state index is -4.45. The summed E-state index contributed by atoms with van der Waals surface area (Å²) in [5.41, 5.74) is 0. The predicted octanol–water partition coefficient (Wildman–Crippen LogP) is 9.30. The molecule has 0 amide bonds. The Morgan fingerprint density at radius 1 is 0.571 bits per heavy atom. The van der Waals surface area contributed by atoms with Crippen molar-refractivity contribution < 1.29 is 51.4 Å². The van der Waals surface area contributed by atoms with Crippen molar-refractivity contribution >= 4 is 10.1 Å². The fraction of sp³-hybridized carbons (Fsp3) is 0.771. The van der Waals surface area contributed by atoms with Crippen LogP contribution in [0.4, 0.5) is 0 Å². The molecular formula is C35H67NaO5S. The van der Waals surface area contributed by atoms with E-state index >= 15 is 0 Å². The van der Waals surface area contributed by atoms with Gasteiger partial charge in [0.15, 0.2) is 10.1 Å². The second-order valence-corrected chi connectivity index (χ2v) is 11.9. The molecule has 0 aliphatic rings. The summed E-state index contributed by atoms with van der Waals surface area (Å²) in [6.45, 7) is 4.51. The van der Waals surface area contributed by atoms with Crippen molar-refractivity contribution in [3.05, 3.63) is 42.0 Å². The monoisotopic (exact) mass is 622 g/mol. The van der Waals surface area contributed by atoms with Crippen LogP contribution in [0.25, 0.3) is 0 Å². The first-order valence-corrected chi connectivity index (χ1v) is 16.9. The Morgan fingerprint density at radius 2 is 0.952 bits per heavy atom. The van der Waals surface area contributed by atoms with Crippen LogP contribution >= 0.6 is 0 Å². The van der Waals surface area contributed by atoms with Crippen LogP contribution in [-0.4, -0.2) is 13.0 Å². The quantitative estimate of drug-likeness (QED) is 0.0701. The van der Waals surface area contributed by atoms with E-state index in [4.69, 9.17) is 8.83 Å². The Morgan fingerprint density at radius 3 is 1.29 bits per heavy atom. The van der Waals surface area contributed by atoms with E-state index in [2.05, 4.69) is 19.9 Å². The molecule has 2 aromatic rings. The maximum atomic E-state index is 10.7. The van der Waals surface area contributed by atoms with E-state index in [0.717, 1.165) is 25.0 Å². The first-order chi connectivity index (χ1) is 18.5. The van der Waals surface area contributed by atoms with Crippen LogP contribution in [0.3, 0.4) is 0 Å². The number of unbranched alkanes of at least 4 members (excludes halogenated alkanes) is 18. The number of furan rings is 2. The minimum Gasteiger partial charge on any atom is -0.742 e. The van der Waals surface area contributed by atoms with Crippen LogP contribution in [0.5, 0.6) is 0 Å². The molecule has 42 heavy (non-hydrogen) atoms. The number of rotatable bonds is 23. The zero-order valence-electron chi connectivity index (χ0n) is 25.4. The third kappa shape index (κ3) is 28.3. The minimum absolute atomic E-state index is 0. The smallest absolute Gasteiger partial charge is 0.742 e. The second kappa shape index (κ2) is 33.4. The summed E-state index contributed by atoms with van der Waals surface area (Å²) in [5, 5.41) is -0.468. The fourth-order valence-electron chi connectivity index (χ4n) is 4.66. The van der Waals surface area contributed by atoms with Gasteiger partial charge in [0.1, 0.15) is 11.5 Å². The molecule has 0 aliphatic carbocycles. The zero-order valence-corrected chi connectivity index (χ0v) is 28.2. The van der Waals surface area contributed by atoms with Gasteiger partial charge < -0.3 is 13.4 Å². The summed E-state index contributed by atoms with van der Waals surface area (Å²) in [6.07, 6.45) is 30.2. The summed E-state index contributed by atoms with van der Waals surface area (Å²) in [6, 6.07) is 6.88. The normalized spacial score (nSPS) is 10.4. The summed E-state index contributed by atoms with van der Waals surface area (Å²) in [4.78, 5) is 0. The Labute approximate surface area is 284 Å². The van der Waals surface area contributed by atoms with E-state index in [1.54, 1.807) is 12.3 Å². The van der Waals surface area contributed by atoms with E-state index in [1.165, 1.54) is 122 Å². The third-order valence-electron chi connectivity index (χ3n) is 7.02. The molecular weight excluding hydrogens is 555 g/mol. The average molecular weight is 623 g/mol. The molecule has 0 spiro atoms. The molecule has 0 aliphatic heterocycles. The van der Waals surface area contributed by atoms with Gasteiger partial charge in [-0.3, -0.25) is 0 Å². The Hall–Kier alpha value is -0.530. The van der Waals surface area contributed by atoms with Crippen LogP contribution in [-0.2, 0) is 23.0 Å². The molecule has 0 atom stereocenters. The van der Waals surface area contributed by atoms with Crippen molar-refractivity contribution in [2.24, 2.45) is 0 Å². The molecule has 0 unspecified atom stereocenters. The van der Waals surface area contributed by atoms with Crippen LogP contribution in [0, 0.1) is 0 Å². The largest absolute Gasteiger partial charge is 1.00 e. The van der Waals surface area contributed by atoms with Crippen LogP contribution in [0.1, 0.15) is 176 Å². The van der Waals surface area contributed by atoms with Gasteiger partial charge in [0.25, 0.3) is 0 Å². The van der Waals surface area contributed by atoms with E-state index in [0.29, 0.717) is 12.2 Å². The predicted molar refractivity (Wildman–Crippen MR) is 177 cm³/mol. The molecule has 2 rings (SSSR count). The zero-order chi connectivity index (χ0) is 27.7. The van der Waals surface area contributed by atoms with Gasteiger partial charge in [0, 0.05) is 12.8 Å². The topological polar surface area (TPSA) is 83.5 Å². The van der Waals surface area contributed by atoms with Crippen LogP contribution in [0.2, 0.25) is 0 Å². The Kier molecular flexibility index (Phi) is 38.4. The molecule has 0 N–H and O–H groups in total. The van der Waals surface area contributed by atoms with Gasteiger partial charge in [-0.2, -0.15) is 0 Å². The summed E-state index contributed by atoms with van der Waals surface area (Å²) in [7, 11) is -4.45. The van der Waals surface area contributed by atoms with E-state index in [9.17, 15) is 13.0 Å².